The van der Waals surface area contributed by atoms with Crippen molar-refractivity contribution in [3.05, 3.63) is 58.9 Å². The van der Waals surface area contributed by atoms with Gasteiger partial charge in [-0.15, -0.1) is 0 Å². The smallest absolute Gasteiger partial charge is 0.323 e. The SMILES string of the molecule is NC(=O)c1ccc(NC(=O)Nc2ccc(Cl)cc2F)cc1. The van der Waals surface area contributed by atoms with Crippen LogP contribution in [-0.2, 0) is 0 Å². The summed E-state index contributed by atoms with van der Waals surface area (Å²) in [6.07, 6.45) is 0. The molecule has 0 aliphatic rings. The average molecular weight is 308 g/mol. The lowest BCUT2D eigenvalue weighted by molar-refractivity contribution is 0.100. The normalized spacial score (nSPS) is 10.0. The minimum Gasteiger partial charge on any atom is -0.366 e. The fourth-order valence-corrected chi connectivity index (χ4v) is 1.75. The number of carbonyl (C=O) groups excluding carboxylic acids is 2. The molecule has 0 heterocycles. The van der Waals surface area contributed by atoms with E-state index in [2.05, 4.69) is 10.6 Å². The van der Waals surface area contributed by atoms with Gasteiger partial charge in [0.05, 0.1) is 5.69 Å². The number of primary amides is 1. The zero-order valence-corrected chi connectivity index (χ0v) is 11.4. The van der Waals surface area contributed by atoms with Crippen molar-refractivity contribution >= 4 is 34.9 Å². The summed E-state index contributed by atoms with van der Waals surface area (Å²) in [5, 5.41) is 5.08. The zero-order valence-electron chi connectivity index (χ0n) is 10.7. The fraction of sp³-hybridized carbons (Fsp3) is 0. The van der Waals surface area contributed by atoms with E-state index in [1.165, 1.54) is 36.4 Å². The number of benzene rings is 2. The molecule has 0 radical (unpaired) electrons. The Balaban J connectivity index is 2.02. The Morgan fingerprint density at radius 3 is 2.29 bits per heavy atom. The van der Waals surface area contributed by atoms with Crippen molar-refractivity contribution in [3.63, 3.8) is 0 Å². The van der Waals surface area contributed by atoms with Crippen LogP contribution >= 0.6 is 11.6 Å². The van der Waals surface area contributed by atoms with Crippen LogP contribution in [0.4, 0.5) is 20.6 Å². The van der Waals surface area contributed by atoms with Gasteiger partial charge in [-0.3, -0.25) is 4.79 Å². The quantitative estimate of drug-likeness (QED) is 0.813. The van der Waals surface area contributed by atoms with Crippen molar-refractivity contribution in [2.45, 2.75) is 0 Å². The van der Waals surface area contributed by atoms with Crippen LogP contribution in [0.15, 0.2) is 42.5 Å². The van der Waals surface area contributed by atoms with E-state index in [1.54, 1.807) is 0 Å². The van der Waals surface area contributed by atoms with Crippen molar-refractivity contribution in [2.75, 3.05) is 10.6 Å². The molecule has 5 nitrogen and oxygen atoms in total. The molecule has 0 saturated heterocycles. The molecule has 0 spiro atoms. The number of halogens is 2. The number of rotatable bonds is 3. The molecule has 0 unspecified atom stereocenters. The topological polar surface area (TPSA) is 84.2 Å². The number of hydrogen-bond acceptors (Lipinski definition) is 2. The number of amides is 3. The summed E-state index contributed by atoms with van der Waals surface area (Å²) in [6.45, 7) is 0. The monoisotopic (exact) mass is 307 g/mol. The summed E-state index contributed by atoms with van der Waals surface area (Å²) in [7, 11) is 0. The van der Waals surface area contributed by atoms with Crippen LogP contribution in [0.2, 0.25) is 5.02 Å². The molecule has 108 valence electrons. The molecule has 0 aliphatic carbocycles. The standard InChI is InChI=1S/C14H11ClFN3O2/c15-9-3-6-12(11(16)7-9)19-14(21)18-10-4-1-8(2-5-10)13(17)20/h1-7H,(H2,17,20)(H2,18,19,21). The van der Waals surface area contributed by atoms with Gasteiger partial charge in [0, 0.05) is 16.3 Å². The first-order chi connectivity index (χ1) is 9.95. The second kappa shape index (κ2) is 6.23. The van der Waals surface area contributed by atoms with E-state index < -0.39 is 17.8 Å². The van der Waals surface area contributed by atoms with Gasteiger partial charge in [-0.25, -0.2) is 9.18 Å². The predicted molar refractivity (Wildman–Crippen MR) is 79.0 cm³/mol. The molecule has 0 aliphatic heterocycles. The van der Waals surface area contributed by atoms with E-state index in [-0.39, 0.29) is 10.7 Å². The molecule has 2 aromatic rings. The molecular weight excluding hydrogens is 297 g/mol. The van der Waals surface area contributed by atoms with Crippen molar-refractivity contribution in [2.24, 2.45) is 5.73 Å². The summed E-state index contributed by atoms with van der Waals surface area (Å²) in [5.41, 5.74) is 5.87. The van der Waals surface area contributed by atoms with Gasteiger partial charge in [0.1, 0.15) is 5.82 Å². The Kier molecular flexibility index (Phi) is 4.39. The Morgan fingerprint density at radius 1 is 1.05 bits per heavy atom. The average Bonchev–Trinajstić information content (AvgIpc) is 2.42. The van der Waals surface area contributed by atoms with Crippen molar-refractivity contribution in [3.8, 4) is 0 Å². The molecule has 0 aromatic heterocycles. The fourth-order valence-electron chi connectivity index (χ4n) is 1.59. The van der Waals surface area contributed by atoms with Crippen LogP contribution in [0.1, 0.15) is 10.4 Å². The predicted octanol–water partition coefficient (Wildman–Crippen LogP) is 3.22. The van der Waals surface area contributed by atoms with Crippen LogP contribution < -0.4 is 16.4 Å². The van der Waals surface area contributed by atoms with Gasteiger partial charge in [0.2, 0.25) is 5.91 Å². The molecule has 2 rings (SSSR count). The molecule has 4 N–H and O–H groups in total. The van der Waals surface area contributed by atoms with Gasteiger partial charge in [-0.05, 0) is 42.5 Å². The number of hydrogen-bond donors (Lipinski definition) is 3. The minimum atomic E-state index is -0.637. The van der Waals surface area contributed by atoms with E-state index >= 15 is 0 Å². The van der Waals surface area contributed by atoms with E-state index in [9.17, 15) is 14.0 Å². The van der Waals surface area contributed by atoms with Crippen molar-refractivity contribution in [1.82, 2.24) is 0 Å². The summed E-state index contributed by atoms with van der Waals surface area (Å²) >= 11 is 5.62. The van der Waals surface area contributed by atoms with E-state index in [0.717, 1.165) is 6.07 Å². The van der Waals surface area contributed by atoms with E-state index in [0.29, 0.717) is 11.3 Å². The van der Waals surface area contributed by atoms with Gasteiger partial charge in [0.15, 0.2) is 0 Å². The third kappa shape index (κ3) is 3.93. The largest absolute Gasteiger partial charge is 0.366 e. The molecule has 21 heavy (non-hydrogen) atoms. The Hall–Kier alpha value is -2.60. The third-order valence-electron chi connectivity index (χ3n) is 2.61. The van der Waals surface area contributed by atoms with Crippen LogP contribution in [-0.4, -0.2) is 11.9 Å². The molecule has 0 fully saturated rings. The van der Waals surface area contributed by atoms with E-state index in [1.807, 2.05) is 0 Å². The van der Waals surface area contributed by atoms with Crippen molar-refractivity contribution < 1.29 is 14.0 Å². The molecular formula is C14H11ClFN3O2. The maximum atomic E-state index is 13.5. The summed E-state index contributed by atoms with van der Waals surface area (Å²) < 4.78 is 13.5. The maximum absolute atomic E-state index is 13.5. The summed E-state index contributed by atoms with van der Waals surface area (Å²) in [6, 6.07) is 9.26. The molecule has 7 heteroatoms. The van der Waals surface area contributed by atoms with Gasteiger partial charge in [-0.2, -0.15) is 0 Å². The highest BCUT2D eigenvalue weighted by molar-refractivity contribution is 6.30. The lowest BCUT2D eigenvalue weighted by Gasteiger charge is -2.09. The number of nitrogens with one attached hydrogen (secondary N) is 2. The van der Waals surface area contributed by atoms with Gasteiger partial charge in [0.25, 0.3) is 0 Å². The first kappa shape index (κ1) is 14.8. The lowest BCUT2D eigenvalue weighted by atomic mass is 10.2. The summed E-state index contributed by atoms with van der Waals surface area (Å²) in [5.74, 6) is -1.20. The van der Waals surface area contributed by atoms with Gasteiger partial charge >= 0.3 is 6.03 Å². The Labute approximate surface area is 124 Å². The number of carbonyl (C=O) groups is 2. The van der Waals surface area contributed by atoms with Crippen LogP contribution in [0.25, 0.3) is 0 Å². The minimum absolute atomic E-state index is 0.00524. The first-order valence-electron chi connectivity index (χ1n) is 5.88. The molecule has 0 saturated carbocycles. The van der Waals surface area contributed by atoms with Gasteiger partial charge in [-0.1, -0.05) is 11.6 Å². The summed E-state index contributed by atoms with van der Waals surface area (Å²) in [4.78, 5) is 22.6. The maximum Gasteiger partial charge on any atom is 0.323 e. The van der Waals surface area contributed by atoms with Crippen molar-refractivity contribution in [1.29, 1.82) is 0 Å². The second-order valence-corrected chi connectivity index (χ2v) is 4.58. The highest BCUT2D eigenvalue weighted by atomic mass is 35.5. The zero-order chi connectivity index (χ0) is 15.4. The Bertz CT molecular complexity index is 689. The number of anilines is 2. The van der Waals surface area contributed by atoms with Gasteiger partial charge < -0.3 is 16.4 Å². The molecule has 0 bridgehead atoms. The second-order valence-electron chi connectivity index (χ2n) is 4.14. The third-order valence-corrected chi connectivity index (χ3v) is 2.84. The van der Waals surface area contributed by atoms with Crippen LogP contribution in [0, 0.1) is 5.82 Å². The number of nitrogens with two attached hydrogens (primary N) is 1. The highest BCUT2D eigenvalue weighted by Crippen LogP contribution is 2.19. The first-order valence-corrected chi connectivity index (χ1v) is 6.26. The number of urea groups is 1. The lowest BCUT2D eigenvalue weighted by Crippen LogP contribution is -2.20. The highest BCUT2D eigenvalue weighted by Gasteiger charge is 2.08. The van der Waals surface area contributed by atoms with Crippen LogP contribution in [0.3, 0.4) is 0 Å². The molecule has 3 amide bonds. The Morgan fingerprint density at radius 2 is 1.71 bits per heavy atom. The molecule has 2 aromatic carbocycles. The molecule has 0 atom stereocenters. The van der Waals surface area contributed by atoms with E-state index in [4.69, 9.17) is 17.3 Å². The van der Waals surface area contributed by atoms with Crippen LogP contribution in [0.5, 0.6) is 0 Å².